The summed E-state index contributed by atoms with van der Waals surface area (Å²) in [6, 6.07) is 8.29. The van der Waals surface area contributed by atoms with E-state index in [4.69, 9.17) is 5.11 Å². The van der Waals surface area contributed by atoms with Gasteiger partial charge in [0.15, 0.2) is 0 Å². The molecule has 1 heterocycles. The highest BCUT2D eigenvalue weighted by molar-refractivity contribution is 7.17. The number of fused-ring (bicyclic) bond motifs is 3. The summed E-state index contributed by atoms with van der Waals surface area (Å²) in [5.74, 6) is 1.03. The second-order valence-corrected chi connectivity index (χ2v) is 10.4. The Kier molecular flexibility index (Phi) is 6.01. The number of carbonyl (C=O) groups excluding carboxylic acids is 1. The number of aliphatic carboxylic acids is 1. The van der Waals surface area contributed by atoms with E-state index in [0.717, 1.165) is 40.8 Å². The van der Waals surface area contributed by atoms with Gasteiger partial charge in [-0.2, -0.15) is 0 Å². The molecule has 2 aromatic rings. The third-order valence-corrected chi connectivity index (χ3v) is 8.43. The van der Waals surface area contributed by atoms with Gasteiger partial charge in [0.2, 0.25) is 0 Å². The molecule has 0 unspecified atom stereocenters. The number of carboxylic acids is 1. The molecule has 1 aromatic heterocycles. The van der Waals surface area contributed by atoms with E-state index in [2.05, 4.69) is 37.4 Å². The molecule has 4 atom stereocenters. The highest BCUT2D eigenvalue weighted by Gasteiger charge is 2.57. The minimum atomic E-state index is -0.735. The SMILES string of the molecule is CC1(C)[C@H]2C[C@H](C/C=C/CCCC(=O)O)[C@@H](NC(=O)c3csc4ccccc34)[C@@H]1C2. The summed E-state index contributed by atoms with van der Waals surface area (Å²) in [6.07, 6.45) is 9.32. The van der Waals surface area contributed by atoms with Crippen LogP contribution in [0, 0.1) is 23.2 Å². The van der Waals surface area contributed by atoms with Crippen molar-refractivity contribution in [3.63, 3.8) is 0 Å². The Labute approximate surface area is 182 Å². The second kappa shape index (κ2) is 8.54. The smallest absolute Gasteiger partial charge is 0.303 e. The number of carbonyl (C=O) groups is 2. The number of allylic oxidation sites excluding steroid dienone is 2. The number of rotatable bonds is 8. The maximum Gasteiger partial charge on any atom is 0.303 e. The predicted octanol–water partition coefficient (Wildman–Crippen LogP) is 5.88. The van der Waals surface area contributed by atoms with Gasteiger partial charge in [0.05, 0.1) is 5.56 Å². The van der Waals surface area contributed by atoms with Gasteiger partial charge in [0.25, 0.3) is 5.91 Å². The van der Waals surface area contributed by atoms with Crippen LogP contribution >= 0.6 is 11.3 Å². The molecule has 0 radical (unpaired) electrons. The van der Waals surface area contributed by atoms with Crippen molar-refractivity contribution in [2.24, 2.45) is 23.2 Å². The summed E-state index contributed by atoms with van der Waals surface area (Å²) in [4.78, 5) is 23.9. The van der Waals surface area contributed by atoms with Crippen molar-refractivity contribution in [1.82, 2.24) is 5.32 Å². The zero-order valence-corrected chi connectivity index (χ0v) is 18.6. The van der Waals surface area contributed by atoms with E-state index < -0.39 is 5.97 Å². The Morgan fingerprint density at radius 3 is 2.80 bits per heavy atom. The number of benzene rings is 1. The maximum atomic E-state index is 13.2. The van der Waals surface area contributed by atoms with Crippen molar-refractivity contribution >= 4 is 33.3 Å². The number of unbranched alkanes of at least 4 members (excludes halogenated alkanes) is 1. The maximum absolute atomic E-state index is 13.2. The lowest BCUT2D eigenvalue weighted by Gasteiger charge is -2.62. The third-order valence-electron chi connectivity index (χ3n) is 7.47. The van der Waals surface area contributed by atoms with Gasteiger partial charge in [-0.05, 0) is 61.3 Å². The van der Waals surface area contributed by atoms with Crippen LogP contribution in [0.5, 0.6) is 0 Å². The summed E-state index contributed by atoms with van der Waals surface area (Å²) in [5.41, 5.74) is 1.08. The average Bonchev–Trinajstić information content (AvgIpc) is 3.15. The van der Waals surface area contributed by atoms with E-state index in [1.165, 1.54) is 6.42 Å². The molecule has 5 rings (SSSR count). The number of thiophene rings is 1. The fourth-order valence-electron chi connectivity index (χ4n) is 5.51. The number of nitrogens with one attached hydrogen (secondary N) is 1. The lowest BCUT2D eigenvalue weighted by molar-refractivity contribution is -0.137. The van der Waals surface area contributed by atoms with Crippen LogP contribution in [0.1, 0.15) is 62.7 Å². The van der Waals surface area contributed by atoms with E-state index in [9.17, 15) is 9.59 Å². The minimum absolute atomic E-state index is 0.0500. The first-order valence-corrected chi connectivity index (χ1v) is 11.9. The zero-order valence-electron chi connectivity index (χ0n) is 17.8. The highest BCUT2D eigenvalue weighted by atomic mass is 32.1. The van der Waals surface area contributed by atoms with Crippen molar-refractivity contribution in [1.29, 1.82) is 0 Å². The van der Waals surface area contributed by atoms with Crippen molar-refractivity contribution < 1.29 is 14.7 Å². The molecule has 3 fully saturated rings. The molecule has 0 aliphatic heterocycles. The van der Waals surface area contributed by atoms with Crippen LogP contribution in [-0.4, -0.2) is 23.0 Å². The quantitative estimate of drug-likeness (QED) is 0.410. The Balaban J connectivity index is 1.44. The first-order chi connectivity index (χ1) is 14.4. The van der Waals surface area contributed by atoms with E-state index >= 15 is 0 Å². The summed E-state index contributed by atoms with van der Waals surface area (Å²) in [6.45, 7) is 4.70. The molecule has 1 aromatic carbocycles. The first-order valence-electron chi connectivity index (χ1n) is 11.0. The van der Waals surface area contributed by atoms with Crippen LogP contribution in [0.15, 0.2) is 41.8 Å². The topological polar surface area (TPSA) is 66.4 Å². The predicted molar refractivity (Wildman–Crippen MR) is 122 cm³/mol. The van der Waals surface area contributed by atoms with Gasteiger partial charge in [0.1, 0.15) is 0 Å². The molecule has 30 heavy (non-hydrogen) atoms. The molecule has 0 spiro atoms. The molecule has 0 saturated heterocycles. The molecule has 5 heteroatoms. The second-order valence-electron chi connectivity index (χ2n) is 9.49. The van der Waals surface area contributed by atoms with Crippen molar-refractivity contribution in [2.75, 3.05) is 0 Å². The normalized spacial score (nSPS) is 27.1. The summed E-state index contributed by atoms with van der Waals surface area (Å²) < 4.78 is 1.15. The van der Waals surface area contributed by atoms with Crippen LogP contribution in [0.2, 0.25) is 0 Å². The molecule has 3 saturated carbocycles. The number of amides is 1. The summed E-state index contributed by atoms with van der Waals surface area (Å²) in [7, 11) is 0. The Morgan fingerprint density at radius 2 is 2.03 bits per heavy atom. The monoisotopic (exact) mass is 425 g/mol. The number of hydrogen-bond donors (Lipinski definition) is 2. The average molecular weight is 426 g/mol. The molecule has 2 bridgehead atoms. The van der Waals surface area contributed by atoms with Crippen molar-refractivity contribution in [2.45, 2.75) is 58.4 Å². The van der Waals surface area contributed by atoms with Crippen LogP contribution in [-0.2, 0) is 4.79 Å². The molecular formula is C25H31NO3S. The van der Waals surface area contributed by atoms with Crippen LogP contribution in [0.25, 0.3) is 10.1 Å². The van der Waals surface area contributed by atoms with Crippen molar-refractivity contribution in [3.05, 3.63) is 47.4 Å². The first kappa shape index (κ1) is 21.1. The lowest BCUT2D eigenvalue weighted by Crippen LogP contribution is -2.63. The van der Waals surface area contributed by atoms with Crippen LogP contribution in [0.4, 0.5) is 0 Å². The van der Waals surface area contributed by atoms with E-state index in [0.29, 0.717) is 18.3 Å². The van der Waals surface area contributed by atoms with E-state index in [1.54, 1.807) is 11.3 Å². The van der Waals surface area contributed by atoms with Gasteiger partial charge in [0, 0.05) is 27.9 Å². The molecule has 3 aliphatic rings. The van der Waals surface area contributed by atoms with Crippen LogP contribution in [0.3, 0.4) is 0 Å². The van der Waals surface area contributed by atoms with Gasteiger partial charge >= 0.3 is 5.97 Å². The van der Waals surface area contributed by atoms with Gasteiger partial charge in [-0.1, -0.05) is 44.2 Å². The number of carboxylic acid groups (broad SMARTS) is 1. The standard InChI is InChI=1S/C25H31NO3S/c1-25(2)17-13-16(9-5-3-4-6-12-22(27)28)23(20(25)14-17)26-24(29)19-15-30-21-11-8-7-10-18(19)21/h3,5,7-8,10-11,15-17,20,23H,4,6,9,12-14H2,1-2H3,(H,26,29)(H,27,28)/b5-3+/t16-,17-,20-,23+/m0/s1. The van der Waals surface area contributed by atoms with Gasteiger partial charge in [-0.3, -0.25) is 9.59 Å². The van der Waals surface area contributed by atoms with E-state index in [1.807, 2.05) is 23.6 Å². The van der Waals surface area contributed by atoms with Gasteiger partial charge < -0.3 is 10.4 Å². The summed E-state index contributed by atoms with van der Waals surface area (Å²) in [5, 5.41) is 15.2. The zero-order chi connectivity index (χ0) is 21.3. The van der Waals surface area contributed by atoms with Gasteiger partial charge in [-0.25, -0.2) is 0 Å². The highest BCUT2D eigenvalue weighted by Crippen LogP contribution is 2.61. The third kappa shape index (κ3) is 4.04. The number of hydrogen-bond acceptors (Lipinski definition) is 3. The Hall–Kier alpha value is -2.14. The lowest BCUT2D eigenvalue weighted by atomic mass is 9.44. The fourth-order valence-corrected chi connectivity index (χ4v) is 6.45. The Morgan fingerprint density at radius 1 is 1.23 bits per heavy atom. The van der Waals surface area contributed by atoms with Crippen LogP contribution < -0.4 is 5.32 Å². The largest absolute Gasteiger partial charge is 0.481 e. The van der Waals surface area contributed by atoms with E-state index in [-0.39, 0.29) is 23.8 Å². The molecule has 1 amide bonds. The fraction of sp³-hybridized carbons (Fsp3) is 0.520. The molecule has 2 N–H and O–H groups in total. The minimum Gasteiger partial charge on any atom is -0.481 e. The Bertz CT molecular complexity index is 960. The molecular weight excluding hydrogens is 394 g/mol. The summed E-state index contributed by atoms with van der Waals surface area (Å²) >= 11 is 1.63. The van der Waals surface area contributed by atoms with Crippen molar-refractivity contribution in [3.8, 4) is 0 Å². The molecule has 3 aliphatic carbocycles. The molecule has 4 nitrogen and oxygen atoms in total. The molecule has 160 valence electrons. The van der Waals surface area contributed by atoms with Gasteiger partial charge in [-0.15, -0.1) is 11.3 Å².